The Balaban J connectivity index is 3.00. The lowest BCUT2D eigenvalue weighted by Gasteiger charge is -2.26. The van der Waals surface area contributed by atoms with Crippen molar-refractivity contribution in [2.45, 2.75) is 32.5 Å². The predicted octanol–water partition coefficient (Wildman–Crippen LogP) is 2.94. The van der Waals surface area contributed by atoms with Crippen LogP contribution in [0.5, 0.6) is 0 Å². The molecule has 0 spiro atoms. The molecule has 0 saturated carbocycles. The Hall–Kier alpha value is -1.56. The third kappa shape index (κ3) is 4.23. The fourth-order valence-electron chi connectivity index (χ4n) is 1.83. The van der Waals surface area contributed by atoms with Crippen molar-refractivity contribution in [1.82, 2.24) is 4.90 Å². The second kappa shape index (κ2) is 6.74. The van der Waals surface area contributed by atoms with E-state index >= 15 is 0 Å². The van der Waals surface area contributed by atoms with Crippen molar-refractivity contribution >= 4 is 5.91 Å². The van der Waals surface area contributed by atoms with Gasteiger partial charge in [0.15, 0.2) is 0 Å². The standard InChI is InChI=1S/C14H18F3NO2/c1-10(2)18(7-4-8-19)13(20)11-5-3-6-12(9-11)14(15,16)17/h3,5-6,9-10,19H,4,7-8H2,1-2H3. The van der Waals surface area contributed by atoms with Gasteiger partial charge in [-0.05, 0) is 38.5 Å². The first kappa shape index (κ1) is 16.5. The first-order valence-electron chi connectivity index (χ1n) is 6.36. The van der Waals surface area contributed by atoms with E-state index in [0.29, 0.717) is 13.0 Å². The molecule has 112 valence electrons. The van der Waals surface area contributed by atoms with Gasteiger partial charge >= 0.3 is 6.18 Å². The predicted molar refractivity (Wildman–Crippen MR) is 69.3 cm³/mol. The molecule has 3 nitrogen and oxygen atoms in total. The maximum absolute atomic E-state index is 12.6. The molecule has 0 aliphatic heterocycles. The molecule has 1 aromatic rings. The van der Waals surface area contributed by atoms with Crippen LogP contribution in [0.15, 0.2) is 24.3 Å². The van der Waals surface area contributed by atoms with Crippen LogP contribution in [0, 0.1) is 0 Å². The number of aliphatic hydroxyl groups excluding tert-OH is 1. The summed E-state index contributed by atoms with van der Waals surface area (Å²) in [5.74, 6) is -0.459. The average Bonchev–Trinajstić information content (AvgIpc) is 2.37. The fourth-order valence-corrected chi connectivity index (χ4v) is 1.83. The number of hydrogen-bond acceptors (Lipinski definition) is 2. The highest BCUT2D eigenvalue weighted by Crippen LogP contribution is 2.29. The van der Waals surface area contributed by atoms with E-state index in [1.807, 2.05) is 0 Å². The molecule has 0 fully saturated rings. The molecule has 0 aliphatic rings. The molecule has 0 aromatic heterocycles. The zero-order valence-electron chi connectivity index (χ0n) is 11.4. The number of amides is 1. The van der Waals surface area contributed by atoms with Crippen LogP contribution in [0.25, 0.3) is 0 Å². The monoisotopic (exact) mass is 289 g/mol. The zero-order chi connectivity index (χ0) is 15.3. The van der Waals surface area contributed by atoms with E-state index < -0.39 is 17.6 Å². The minimum Gasteiger partial charge on any atom is -0.396 e. The molecule has 1 N–H and O–H groups in total. The summed E-state index contributed by atoms with van der Waals surface area (Å²) in [6, 6.07) is 4.23. The largest absolute Gasteiger partial charge is 0.416 e. The molecule has 1 rings (SSSR count). The molecule has 0 saturated heterocycles. The quantitative estimate of drug-likeness (QED) is 0.905. The highest BCUT2D eigenvalue weighted by molar-refractivity contribution is 5.94. The molecule has 0 aliphatic carbocycles. The highest BCUT2D eigenvalue weighted by atomic mass is 19.4. The van der Waals surface area contributed by atoms with Gasteiger partial charge in [-0.1, -0.05) is 6.07 Å². The van der Waals surface area contributed by atoms with E-state index in [1.165, 1.54) is 17.0 Å². The first-order chi connectivity index (χ1) is 9.27. The number of aliphatic hydroxyl groups is 1. The Morgan fingerprint density at radius 3 is 2.50 bits per heavy atom. The summed E-state index contributed by atoms with van der Waals surface area (Å²) in [4.78, 5) is 13.7. The minimum atomic E-state index is -4.47. The SMILES string of the molecule is CC(C)N(CCCO)C(=O)c1cccc(C(F)(F)F)c1. The van der Waals surface area contributed by atoms with Crippen molar-refractivity contribution in [2.24, 2.45) is 0 Å². The number of carbonyl (C=O) groups excluding carboxylic acids is 1. The lowest BCUT2D eigenvalue weighted by Crippen LogP contribution is -2.38. The van der Waals surface area contributed by atoms with Gasteiger partial charge in [-0.25, -0.2) is 0 Å². The lowest BCUT2D eigenvalue weighted by atomic mass is 10.1. The Kier molecular flexibility index (Phi) is 5.56. The van der Waals surface area contributed by atoms with Crippen molar-refractivity contribution in [2.75, 3.05) is 13.2 Å². The third-order valence-electron chi connectivity index (χ3n) is 2.88. The molecule has 0 bridgehead atoms. The second-order valence-electron chi connectivity index (χ2n) is 4.75. The maximum atomic E-state index is 12.6. The topological polar surface area (TPSA) is 40.5 Å². The van der Waals surface area contributed by atoms with Gasteiger partial charge in [0, 0.05) is 24.8 Å². The van der Waals surface area contributed by atoms with E-state index in [9.17, 15) is 18.0 Å². The van der Waals surface area contributed by atoms with Gasteiger partial charge in [0.1, 0.15) is 0 Å². The minimum absolute atomic E-state index is 0.00599. The highest BCUT2D eigenvalue weighted by Gasteiger charge is 2.31. The normalized spacial score (nSPS) is 11.8. The fraction of sp³-hybridized carbons (Fsp3) is 0.500. The number of hydrogen-bond donors (Lipinski definition) is 1. The van der Waals surface area contributed by atoms with Crippen LogP contribution < -0.4 is 0 Å². The van der Waals surface area contributed by atoms with E-state index in [2.05, 4.69) is 0 Å². The second-order valence-corrected chi connectivity index (χ2v) is 4.75. The van der Waals surface area contributed by atoms with Crippen molar-refractivity contribution in [1.29, 1.82) is 0 Å². The molecule has 6 heteroatoms. The lowest BCUT2D eigenvalue weighted by molar-refractivity contribution is -0.137. The number of halogens is 3. The summed E-state index contributed by atoms with van der Waals surface area (Å²) >= 11 is 0. The summed E-state index contributed by atoms with van der Waals surface area (Å²) in [6.07, 6.45) is -4.08. The Morgan fingerprint density at radius 2 is 2.00 bits per heavy atom. The van der Waals surface area contributed by atoms with Gasteiger partial charge < -0.3 is 10.0 Å². The van der Waals surface area contributed by atoms with Crippen molar-refractivity contribution in [3.05, 3.63) is 35.4 Å². The summed E-state index contributed by atoms with van der Waals surface area (Å²) in [5, 5.41) is 8.81. The number of carbonyl (C=O) groups is 1. The number of nitrogens with zero attached hydrogens (tertiary/aromatic N) is 1. The van der Waals surface area contributed by atoms with Crippen LogP contribution in [0.2, 0.25) is 0 Å². The van der Waals surface area contributed by atoms with Crippen molar-refractivity contribution in [3.63, 3.8) is 0 Å². The zero-order valence-corrected chi connectivity index (χ0v) is 11.4. The molecular weight excluding hydrogens is 271 g/mol. The summed E-state index contributed by atoms with van der Waals surface area (Å²) in [5.41, 5.74) is -0.833. The first-order valence-corrected chi connectivity index (χ1v) is 6.36. The van der Waals surface area contributed by atoms with E-state index in [1.54, 1.807) is 13.8 Å². The molecule has 0 atom stereocenters. The average molecular weight is 289 g/mol. The van der Waals surface area contributed by atoms with Crippen LogP contribution in [0.1, 0.15) is 36.2 Å². The van der Waals surface area contributed by atoms with Crippen LogP contribution in [0.3, 0.4) is 0 Å². The van der Waals surface area contributed by atoms with Crippen LogP contribution in [-0.2, 0) is 6.18 Å². The Bertz CT molecular complexity index is 458. The van der Waals surface area contributed by atoms with Crippen molar-refractivity contribution < 1.29 is 23.1 Å². The molecule has 1 aromatic carbocycles. The third-order valence-corrected chi connectivity index (χ3v) is 2.88. The molecule has 0 unspecified atom stereocenters. The molecule has 20 heavy (non-hydrogen) atoms. The van der Waals surface area contributed by atoms with Gasteiger partial charge in [0.2, 0.25) is 0 Å². The Labute approximate surface area is 116 Å². The van der Waals surface area contributed by atoms with Gasteiger partial charge in [-0.3, -0.25) is 4.79 Å². The van der Waals surface area contributed by atoms with Crippen LogP contribution >= 0.6 is 0 Å². The summed E-state index contributed by atoms with van der Waals surface area (Å²) in [7, 11) is 0. The smallest absolute Gasteiger partial charge is 0.396 e. The number of rotatable bonds is 5. The number of alkyl halides is 3. The van der Waals surface area contributed by atoms with Gasteiger partial charge in [-0.2, -0.15) is 13.2 Å². The van der Waals surface area contributed by atoms with E-state index in [-0.39, 0.29) is 18.2 Å². The van der Waals surface area contributed by atoms with Gasteiger partial charge in [0.25, 0.3) is 5.91 Å². The van der Waals surface area contributed by atoms with Gasteiger partial charge in [-0.15, -0.1) is 0 Å². The van der Waals surface area contributed by atoms with E-state index in [4.69, 9.17) is 5.11 Å². The molecule has 1 amide bonds. The molecule has 0 radical (unpaired) electrons. The number of benzene rings is 1. The van der Waals surface area contributed by atoms with Crippen LogP contribution in [-0.4, -0.2) is 35.1 Å². The molecule has 0 heterocycles. The van der Waals surface area contributed by atoms with Crippen molar-refractivity contribution in [3.8, 4) is 0 Å². The van der Waals surface area contributed by atoms with Gasteiger partial charge in [0.05, 0.1) is 5.56 Å². The maximum Gasteiger partial charge on any atom is 0.416 e. The summed E-state index contributed by atoms with van der Waals surface area (Å²) < 4.78 is 37.9. The van der Waals surface area contributed by atoms with E-state index in [0.717, 1.165) is 12.1 Å². The molecular formula is C14H18F3NO2. The van der Waals surface area contributed by atoms with Crippen LogP contribution in [0.4, 0.5) is 13.2 Å². The summed E-state index contributed by atoms with van der Waals surface area (Å²) in [6.45, 7) is 3.80. The Morgan fingerprint density at radius 1 is 1.35 bits per heavy atom.